The van der Waals surface area contributed by atoms with Crippen LogP contribution in [0.3, 0.4) is 0 Å². The van der Waals surface area contributed by atoms with Gasteiger partial charge < -0.3 is 0 Å². The Morgan fingerprint density at radius 3 is 2.56 bits per heavy atom. The zero-order chi connectivity index (χ0) is 11.0. The molecule has 2 aliphatic rings. The Morgan fingerprint density at radius 1 is 1.06 bits per heavy atom. The van der Waals surface area contributed by atoms with E-state index in [1.165, 1.54) is 36.3 Å². The maximum atomic E-state index is 12.3. The predicted octanol–water partition coefficient (Wildman–Crippen LogP) is 2.60. The number of benzene rings is 1. The number of Topliss-reactive ketones (excluding diaryl/α,β-unsaturated/α-hetero) is 1. The van der Waals surface area contributed by atoms with Crippen molar-refractivity contribution in [1.29, 1.82) is 0 Å². The highest BCUT2D eigenvalue weighted by Gasteiger charge is 2.43. The molecule has 1 saturated heterocycles. The van der Waals surface area contributed by atoms with Crippen LogP contribution < -0.4 is 0 Å². The van der Waals surface area contributed by atoms with Crippen molar-refractivity contribution in [3.05, 3.63) is 35.4 Å². The largest absolute Gasteiger partial charge is 0.288 e. The Bertz CT molecular complexity index is 407. The number of hydrogen-bond acceptors (Lipinski definition) is 1. The fourth-order valence-corrected chi connectivity index (χ4v) is 5.58. The molecule has 1 atom stereocenters. The monoisotopic (exact) mass is 233 g/mol. The summed E-state index contributed by atoms with van der Waals surface area (Å²) in [7, 11) is 0.374. The highest BCUT2D eigenvalue weighted by atomic mass is 32.2. The fourth-order valence-electron chi connectivity index (χ4n) is 2.81. The first-order chi connectivity index (χ1) is 7.86. The molecule has 0 N–H and O–H groups in total. The molecule has 0 bridgehead atoms. The molecule has 0 aromatic heterocycles. The third-order valence-electron chi connectivity index (χ3n) is 3.70. The molecule has 2 heteroatoms. The van der Waals surface area contributed by atoms with E-state index in [0.717, 1.165) is 12.0 Å². The summed E-state index contributed by atoms with van der Waals surface area (Å²) in [6.45, 7) is 0. The second-order valence-electron chi connectivity index (χ2n) is 4.72. The molecule has 84 valence electrons. The average molecular weight is 233 g/mol. The molecule has 0 spiro atoms. The summed E-state index contributed by atoms with van der Waals surface area (Å²) in [6.07, 6.45) is 5.06. The van der Waals surface area contributed by atoms with Crippen LogP contribution in [0, 0.1) is 0 Å². The molecule has 0 radical (unpaired) electrons. The van der Waals surface area contributed by atoms with E-state index >= 15 is 0 Å². The van der Waals surface area contributed by atoms with E-state index < -0.39 is 0 Å². The first kappa shape index (κ1) is 10.4. The maximum absolute atomic E-state index is 12.3. The van der Waals surface area contributed by atoms with Crippen molar-refractivity contribution in [3.8, 4) is 0 Å². The fraction of sp³-hybridized carbons (Fsp3) is 0.500. The van der Waals surface area contributed by atoms with Gasteiger partial charge in [-0.05, 0) is 35.7 Å². The van der Waals surface area contributed by atoms with Gasteiger partial charge in [-0.25, -0.2) is 0 Å². The van der Waals surface area contributed by atoms with Gasteiger partial charge in [0.1, 0.15) is 11.5 Å². The van der Waals surface area contributed by atoms with Gasteiger partial charge in [0.2, 0.25) is 5.78 Å². The summed E-state index contributed by atoms with van der Waals surface area (Å²) < 4.78 is 0. The smallest absolute Gasteiger partial charge is 0.215 e. The molecular weight excluding hydrogens is 216 g/mol. The molecule has 1 heterocycles. The third-order valence-corrected chi connectivity index (χ3v) is 6.51. The second kappa shape index (κ2) is 4.25. The third kappa shape index (κ3) is 1.69. The van der Waals surface area contributed by atoms with Crippen molar-refractivity contribution in [2.75, 3.05) is 11.5 Å². The van der Waals surface area contributed by atoms with E-state index in [1.807, 2.05) is 12.1 Å². The van der Waals surface area contributed by atoms with Crippen LogP contribution in [-0.2, 0) is 17.3 Å². The Morgan fingerprint density at radius 2 is 1.81 bits per heavy atom. The SMILES string of the molecule is O=C1c2ccccc2CC1[S+]1CCCCC1. The molecule has 16 heavy (non-hydrogen) atoms. The highest BCUT2D eigenvalue weighted by molar-refractivity contribution is 7.98. The minimum atomic E-state index is 0.331. The second-order valence-corrected chi connectivity index (χ2v) is 7.18. The van der Waals surface area contributed by atoms with E-state index in [4.69, 9.17) is 0 Å². The minimum absolute atomic E-state index is 0.331. The van der Waals surface area contributed by atoms with Crippen LogP contribution in [0.2, 0.25) is 0 Å². The summed E-state index contributed by atoms with van der Waals surface area (Å²) in [4.78, 5) is 12.3. The molecule has 1 aliphatic carbocycles. The van der Waals surface area contributed by atoms with Crippen molar-refractivity contribution < 1.29 is 4.79 Å². The van der Waals surface area contributed by atoms with Gasteiger partial charge in [0.25, 0.3) is 0 Å². The average Bonchev–Trinajstić information content (AvgIpc) is 2.69. The van der Waals surface area contributed by atoms with Crippen LogP contribution in [0.1, 0.15) is 35.2 Å². The summed E-state index contributed by atoms with van der Waals surface area (Å²) in [5.74, 6) is 3.02. The van der Waals surface area contributed by atoms with Gasteiger partial charge in [0.15, 0.2) is 5.25 Å². The van der Waals surface area contributed by atoms with Crippen LogP contribution in [0.4, 0.5) is 0 Å². The quantitative estimate of drug-likeness (QED) is 0.681. The molecule has 1 fully saturated rings. The highest BCUT2D eigenvalue weighted by Crippen LogP contribution is 2.30. The summed E-state index contributed by atoms with van der Waals surface area (Å²) >= 11 is 0. The Kier molecular flexibility index (Phi) is 2.76. The zero-order valence-corrected chi connectivity index (χ0v) is 10.3. The van der Waals surface area contributed by atoms with Crippen LogP contribution >= 0.6 is 0 Å². The molecule has 0 amide bonds. The molecule has 1 nitrogen and oxygen atoms in total. The first-order valence-electron chi connectivity index (χ1n) is 6.15. The molecule has 1 aromatic rings. The van der Waals surface area contributed by atoms with Gasteiger partial charge in [-0.3, -0.25) is 4.79 Å². The van der Waals surface area contributed by atoms with E-state index in [9.17, 15) is 4.79 Å². The lowest BCUT2D eigenvalue weighted by atomic mass is 10.1. The number of ketones is 1. The number of hydrogen-bond donors (Lipinski definition) is 0. The predicted molar refractivity (Wildman–Crippen MR) is 69.2 cm³/mol. The molecule has 1 unspecified atom stereocenters. The molecule has 0 saturated carbocycles. The van der Waals surface area contributed by atoms with Gasteiger partial charge in [-0.2, -0.15) is 0 Å². The van der Waals surface area contributed by atoms with Gasteiger partial charge in [-0.15, -0.1) is 0 Å². The van der Waals surface area contributed by atoms with Crippen LogP contribution in [0.5, 0.6) is 0 Å². The van der Waals surface area contributed by atoms with Crippen molar-refractivity contribution >= 4 is 16.7 Å². The van der Waals surface area contributed by atoms with Gasteiger partial charge in [-0.1, -0.05) is 24.3 Å². The van der Waals surface area contributed by atoms with E-state index in [-0.39, 0.29) is 0 Å². The summed E-state index contributed by atoms with van der Waals surface area (Å²) in [5.41, 5.74) is 2.29. The van der Waals surface area contributed by atoms with E-state index in [0.29, 0.717) is 21.9 Å². The summed E-state index contributed by atoms with van der Waals surface area (Å²) in [6, 6.07) is 8.17. The molecule has 1 aliphatic heterocycles. The molecule has 3 rings (SSSR count). The Balaban J connectivity index is 1.83. The topological polar surface area (TPSA) is 17.1 Å². The molecule has 1 aromatic carbocycles. The number of carbonyl (C=O) groups excluding carboxylic acids is 1. The normalized spacial score (nSPS) is 25.8. The van der Waals surface area contributed by atoms with E-state index in [2.05, 4.69) is 12.1 Å². The minimum Gasteiger partial charge on any atom is -0.288 e. The first-order valence-corrected chi connectivity index (χ1v) is 7.77. The number of fused-ring (bicyclic) bond motifs is 1. The number of rotatable bonds is 1. The summed E-state index contributed by atoms with van der Waals surface area (Å²) in [5, 5.41) is 0.331. The Hall–Kier alpha value is -0.760. The van der Waals surface area contributed by atoms with Crippen molar-refractivity contribution in [2.45, 2.75) is 30.9 Å². The van der Waals surface area contributed by atoms with Crippen molar-refractivity contribution in [1.82, 2.24) is 0 Å². The molecular formula is C14H17OS+. The maximum Gasteiger partial charge on any atom is 0.215 e. The lowest BCUT2D eigenvalue weighted by Crippen LogP contribution is -2.34. The van der Waals surface area contributed by atoms with Crippen LogP contribution in [-0.4, -0.2) is 22.5 Å². The van der Waals surface area contributed by atoms with Crippen molar-refractivity contribution in [2.24, 2.45) is 0 Å². The van der Waals surface area contributed by atoms with Gasteiger partial charge in [0, 0.05) is 12.0 Å². The lowest BCUT2D eigenvalue weighted by molar-refractivity contribution is 0.0999. The van der Waals surface area contributed by atoms with E-state index in [1.54, 1.807) is 0 Å². The van der Waals surface area contributed by atoms with Crippen LogP contribution in [0.15, 0.2) is 24.3 Å². The lowest BCUT2D eigenvalue weighted by Gasteiger charge is -2.17. The zero-order valence-electron chi connectivity index (χ0n) is 9.45. The van der Waals surface area contributed by atoms with Gasteiger partial charge >= 0.3 is 0 Å². The number of carbonyl (C=O) groups is 1. The standard InChI is InChI=1S/C14H17OS/c15-14-12-7-3-2-6-11(12)10-13(14)16-8-4-1-5-9-16/h2-3,6-7,13H,1,4-5,8-10H2/q+1. The van der Waals surface area contributed by atoms with Gasteiger partial charge in [0.05, 0.1) is 0 Å². The van der Waals surface area contributed by atoms with Crippen molar-refractivity contribution in [3.63, 3.8) is 0 Å². The Labute approximate surface area is 99.6 Å². The van der Waals surface area contributed by atoms with Crippen LogP contribution in [0.25, 0.3) is 0 Å².